The largest absolute Gasteiger partial charge is 0.355 e. The van der Waals surface area contributed by atoms with Gasteiger partial charge in [-0.2, -0.15) is 0 Å². The Morgan fingerprint density at radius 2 is 2.00 bits per heavy atom. The van der Waals surface area contributed by atoms with E-state index in [1.54, 1.807) is 7.05 Å². The van der Waals surface area contributed by atoms with Crippen LogP contribution in [0.5, 0.6) is 0 Å². The molecule has 5 heteroatoms. The van der Waals surface area contributed by atoms with Crippen molar-refractivity contribution in [1.82, 2.24) is 10.2 Å². The first kappa shape index (κ1) is 15.9. The molecular weight excluding hydrogens is 218 g/mol. The summed E-state index contributed by atoms with van der Waals surface area (Å²) in [6.45, 7) is 5.29. The van der Waals surface area contributed by atoms with Crippen molar-refractivity contribution in [2.75, 3.05) is 26.7 Å². The maximum Gasteiger partial charge on any atom is 0.239 e. The summed E-state index contributed by atoms with van der Waals surface area (Å²) in [4.78, 5) is 24.6. The predicted octanol–water partition coefficient (Wildman–Crippen LogP) is 0.346. The fraction of sp³-hybridized carbons (Fsp3) is 0.833. The third-order valence-electron chi connectivity index (χ3n) is 2.75. The van der Waals surface area contributed by atoms with Crippen molar-refractivity contribution in [3.63, 3.8) is 0 Å². The number of nitrogens with two attached hydrogens (primary N) is 1. The zero-order chi connectivity index (χ0) is 13.3. The predicted molar refractivity (Wildman–Crippen MR) is 68.4 cm³/mol. The zero-order valence-electron chi connectivity index (χ0n) is 11.2. The van der Waals surface area contributed by atoms with Crippen molar-refractivity contribution < 1.29 is 9.59 Å². The van der Waals surface area contributed by atoms with Gasteiger partial charge in [-0.3, -0.25) is 9.59 Å². The van der Waals surface area contributed by atoms with Gasteiger partial charge in [0.25, 0.3) is 0 Å². The Balaban J connectivity index is 4.00. The molecule has 0 aromatic carbocycles. The van der Waals surface area contributed by atoms with Gasteiger partial charge in [-0.25, -0.2) is 0 Å². The van der Waals surface area contributed by atoms with Crippen molar-refractivity contribution in [2.24, 2.45) is 11.7 Å². The molecule has 0 spiro atoms. The summed E-state index contributed by atoms with van der Waals surface area (Å²) in [5, 5.41) is 2.74. The lowest BCUT2D eigenvalue weighted by Gasteiger charge is -2.19. The van der Waals surface area contributed by atoms with Crippen LogP contribution in [0.1, 0.15) is 33.1 Å². The van der Waals surface area contributed by atoms with Crippen LogP contribution in [0.15, 0.2) is 0 Å². The van der Waals surface area contributed by atoms with E-state index >= 15 is 0 Å². The third kappa shape index (κ3) is 6.94. The first-order valence-corrected chi connectivity index (χ1v) is 6.25. The highest BCUT2D eigenvalue weighted by Crippen LogP contribution is 2.07. The van der Waals surface area contributed by atoms with Gasteiger partial charge >= 0.3 is 0 Å². The fourth-order valence-corrected chi connectivity index (χ4v) is 1.42. The molecule has 0 aromatic rings. The van der Waals surface area contributed by atoms with Crippen LogP contribution >= 0.6 is 0 Å². The highest BCUT2D eigenvalue weighted by molar-refractivity contribution is 5.84. The highest BCUT2D eigenvalue weighted by Gasteiger charge is 2.16. The van der Waals surface area contributed by atoms with Gasteiger partial charge in [0.05, 0.1) is 6.54 Å². The molecule has 2 amide bonds. The monoisotopic (exact) mass is 243 g/mol. The highest BCUT2D eigenvalue weighted by atomic mass is 16.2. The molecule has 0 aliphatic carbocycles. The molecule has 0 saturated carbocycles. The van der Waals surface area contributed by atoms with Gasteiger partial charge in [-0.1, -0.05) is 20.3 Å². The quantitative estimate of drug-likeness (QED) is 0.646. The summed E-state index contributed by atoms with van der Waals surface area (Å²) in [7, 11) is 1.65. The number of likely N-dealkylation sites (N-methyl/N-ethyl adjacent to an activating group) is 1. The molecule has 0 heterocycles. The fourth-order valence-electron chi connectivity index (χ4n) is 1.42. The Morgan fingerprint density at radius 3 is 2.47 bits per heavy atom. The number of amides is 2. The van der Waals surface area contributed by atoms with Gasteiger partial charge in [-0.15, -0.1) is 0 Å². The van der Waals surface area contributed by atoms with Crippen LogP contribution in [0, 0.1) is 5.92 Å². The number of nitrogens with zero attached hydrogens (tertiary/aromatic N) is 1. The number of hydrogen-bond donors (Lipinski definition) is 2. The Kier molecular flexibility index (Phi) is 8.40. The van der Waals surface area contributed by atoms with E-state index in [0.717, 1.165) is 12.8 Å². The first-order valence-electron chi connectivity index (χ1n) is 6.25. The SMILES string of the molecule is CCCNC(=O)CN(C)C(=O)CC(CC)CN. The molecule has 0 radical (unpaired) electrons. The molecule has 17 heavy (non-hydrogen) atoms. The molecule has 0 aliphatic rings. The number of nitrogens with one attached hydrogen (secondary N) is 1. The molecular formula is C12H25N3O2. The zero-order valence-corrected chi connectivity index (χ0v) is 11.2. The van der Waals surface area contributed by atoms with Gasteiger partial charge in [0, 0.05) is 20.0 Å². The summed E-state index contributed by atoms with van der Waals surface area (Å²) in [5.41, 5.74) is 5.55. The van der Waals surface area contributed by atoms with E-state index in [-0.39, 0.29) is 24.3 Å². The van der Waals surface area contributed by atoms with E-state index in [2.05, 4.69) is 5.32 Å². The van der Waals surface area contributed by atoms with Crippen molar-refractivity contribution in [3.8, 4) is 0 Å². The lowest BCUT2D eigenvalue weighted by molar-refractivity contribution is -0.135. The van der Waals surface area contributed by atoms with Crippen molar-refractivity contribution in [3.05, 3.63) is 0 Å². The molecule has 100 valence electrons. The smallest absolute Gasteiger partial charge is 0.239 e. The van der Waals surface area contributed by atoms with E-state index in [4.69, 9.17) is 5.73 Å². The second-order valence-corrected chi connectivity index (χ2v) is 4.31. The van der Waals surface area contributed by atoms with E-state index in [1.807, 2.05) is 13.8 Å². The molecule has 0 bridgehead atoms. The van der Waals surface area contributed by atoms with Gasteiger partial charge in [0.1, 0.15) is 0 Å². The van der Waals surface area contributed by atoms with E-state index in [0.29, 0.717) is 19.5 Å². The third-order valence-corrected chi connectivity index (χ3v) is 2.75. The average molecular weight is 243 g/mol. The Labute approximate surface area is 104 Å². The van der Waals surface area contributed by atoms with Crippen LogP contribution in [0.2, 0.25) is 0 Å². The Bertz CT molecular complexity index is 240. The normalized spacial score (nSPS) is 12.0. The Morgan fingerprint density at radius 1 is 1.35 bits per heavy atom. The second-order valence-electron chi connectivity index (χ2n) is 4.31. The summed E-state index contributed by atoms with van der Waals surface area (Å²) < 4.78 is 0. The Hall–Kier alpha value is -1.10. The van der Waals surface area contributed by atoms with Crippen molar-refractivity contribution in [1.29, 1.82) is 0 Å². The lowest BCUT2D eigenvalue weighted by Crippen LogP contribution is -2.39. The molecule has 3 N–H and O–H groups in total. The summed E-state index contributed by atoms with van der Waals surface area (Å²) in [5.74, 6) is 0.0844. The molecule has 1 atom stereocenters. The number of hydrogen-bond acceptors (Lipinski definition) is 3. The summed E-state index contributed by atoms with van der Waals surface area (Å²) in [6.07, 6.45) is 2.21. The molecule has 0 rings (SSSR count). The second kappa shape index (κ2) is 8.98. The maximum atomic E-state index is 11.8. The molecule has 0 saturated heterocycles. The molecule has 1 unspecified atom stereocenters. The minimum Gasteiger partial charge on any atom is -0.355 e. The van der Waals surface area contributed by atoms with Crippen LogP contribution in [-0.4, -0.2) is 43.4 Å². The number of rotatable bonds is 8. The van der Waals surface area contributed by atoms with Crippen LogP contribution in [0.3, 0.4) is 0 Å². The van der Waals surface area contributed by atoms with Gasteiger partial charge in [0.2, 0.25) is 11.8 Å². The molecule has 0 fully saturated rings. The van der Waals surface area contributed by atoms with Crippen LogP contribution in [0.25, 0.3) is 0 Å². The van der Waals surface area contributed by atoms with Gasteiger partial charge in [-0.05, 0) is 18.9 Å². The number of carbonyl (C=O) groups is 2. The minimum atomic E-state index is -0.108. The van der Waals surface area contributed by atoms with Crippen LogP contribution in [-0.2, 0) is 9.59 Å². The van der Waals surface area contributed by atoms with Crippen molar-refractivity contribution >= 4 is 11.8 Å². The topological polar surface area (TPSA) is 75.4 Å². The summed E-state index contributed by atoms with van der Waals surface area (Å²) >= 11 is 0. The summed E-state index contributed by atoms with van der Waals surface area (Å²) in [6, 6.07) is 0. The molecule has 5 nitrogen and oxygen atoms in total. The first-order chi connectivity index (χ1) is 8.04. The number of carbonyl (C=O) groups excluding carboxylic acids is 2. The van der Waals surface area contributed by atoms with Crippen LogP contribution in [0.4, 0.5) is 0 Å². The lowest BCUT2D eigenvalue weighted by atomic mass is 10.0. The minimum absolute atomic E-state index is 0.0195. The maximum absolute atomic E-state index is 11.8. The van der Waals surface area contributed by atoms with Gasteiger partial charge < -0.3 is 16.0 Å². The van der Waals surface area contributed by atoms with E-state index < -0.39 is 0 Å². The van der Waals surface area contributed by atoms with Crippen molar-refractivity contribution in [2.45, 2.75) is 33.1 Å². The van der Waals surface area contributed by atoms with E-state index in [1.165, 1.54) is 4.90 Å². The average Bonchev–Trinajstić information content (AvgIpc) is 2.32. The van der Waals surface area contributed by atoms with Gasteiger partial charge in [0.15, 0.2) is 0 Å². The molecule has 0 aromatic heterocycles. The standard InChI is InChI=1S/C12H25N3O2/c1-4-6-14-11(16)9-15(3)12(17)7-10(5-2)8-13/h10H,4-9,13H2,1-3H3,(H,14,16). The molecule has 0 aliphatic heterocycles. The van der Waals surface area contributed by atoms with E-state index in [9.17, 15) is 9.59 Å². The van der Waals surface area contributed by atoms with Crippen LogP contribution < -0.4 is 11.1 Å².